The van der Waals surface area contributed by atoms with Crippen LogP contribution in [0.5, 0.6) is 5.75 Å². The number of ether oxygens (including phenoxy) is 1. The minimum atomic E-state index is 0.188. The number of nitrogens with one attached hydrogen (secondary N) is 1. The number of nitrogens with zero attached hydrogens (tertiary/aromatic N) is 1. The van der Waals surface area contributed by atoms with E-state index in [4.69, 9.17) is 4.74 Å². The molecule has 96 valence electrons. The number of hydrogen-bond donors (Lipinski definition) is 1. The molecule has 0 spiro atoms. The van der Waals surface area contributed by atoms with Crippen LogP contribution in [-0.2, 0) is 0 Å². The van der Waals surface area contributed by atoms with Gasteiger partial charge in [-0.2, -0.15) is 5.26 Å². The molecule has 1 aliphatic rings. The van der Waals surface area contributed by atoms with Crippen molar-refractivity contribution < 1.29 is 4.74 Å². The van der Waals surface area contributed by atoms with Gasteiger partial charge in [-0.05, 0) is 37.3 Å². The van der Waals surface area contributed by atoms with Crippen LogP contribution in [0.25, 0.3) is 0 Å². The fourth-order valence-corrected chi connectivity index (χ4v) is 2.87. The largest absolute Gasteiger partial charge is 0.488 e. The van der Waals surface area contributed by atoms with E-state index in [-0.39, 0.29) is 6.10 Å². The van der Waals surface area contributed by atoms with Crippen LogP contribution in [-0.4, -0.2) is 24.9 Å². The van der Waals surface area contributed by atoms with Gasteiger partial charge in [0.1, 0.15) is 23.5 Å². The van der Waals surface area contributed by atoms with Crippen LogP contribution in [0, 0.1) is 11.3 Å². The van der Waals surface area contributed by atoms with Crippen LogP contribution in [0.3, 0.4) is 0 Å². The molecule has 1 N–H and O–H groups in total. The Labute approximate surface area is 113 Å². The van der Waals surface area contributed by atoms with Crippen molar-refractivity contribution in [3.63, 3.8) is 0 Å². The van der Waals surface area contributed by atoms with E-state index in [0.717, 1.165) is 42.3 Å². The van der Waals surface area contributed by atoms with Gasteiger partial charge in [0, 0.05) is 11.4 Å². The van der Waals surface area contributed by atoms with Gasteiger partial charge in [0.15, 0.2) is 0 Å². The highest BCUT2D eigenvalue weighted by molar-refractivity contribution is 7.99. The Hall–Kier alpha value is -1.18. The van der Waals surface area contributed by atoms with Gasteiger partial charge in [-0.25, -0.2) is 0 Å². The lowest BCUT2D eigenvalue weighted by molar-refractivity contribution is 0.166. The number of nitriles is 1. The summed E-state index contributed by atoms with van der Waals surface area (Å²) in [4.78, 5) is 1.02. The fraction of sp³-hybridized carbons (Fsp3) is 0.500. The highest BCUT2D eigenvalue weighted by Gasteiger charge is 2.17. The molecular weight excluding hydrogens is 244 g/mol. The van der Waals surface area contributed by atoms with E-state index in [1.165, 1.54) is 0 Å². The molecule has 1 saturated heterocycles. The summed E-state index contributed by atoms with van der Waals surface area (Å²) in [5, 5.41) is 12.6. The van der Waals surface area contributed by atoms with Crippen LogP contribution >= 0.6 is 11.8 Å². The summed E-state index contributed by atoms with van der Waals surface area (Å²) >= 11 is 1.68. The maximum absolute atomic E-state index is 9.30. The monoisotopic (exact) mass is 262 g/mol. The molecule has 1 aromatic carbocycles. The minimum Gasteiger partial charge on any atom is -0.488 e. The predicted octanol–water partition coefficient (Wildman–Crippen LogP) is 2.80. The summed E-state index contributed by atoms with van der Waals surface area (Å²) in [5.41, 5.74) is 0.676. The number of benzene rings is 1. The summed E-state index contributed by atoms with van der Waals surface area (Å²) in [5.74, 6) is 1.69. The molecule has 0 aliphatic carbocycles. The molecule has 3 nitrogen and oxygen atoms in total. The molecule has 1 aromatic rings. The Morgan fingerprint density at radius 1 is 1.56 bits per heavy atom. The summed E-state index contributed by atoms with van der Waals surface area (Å²) in [7, 11) is 0. The minimum absolute atomic E-state index is 0.188. The first-order chi connectivity index (χ1) is 8.85. The zero-order valence-electron chi connectivity index (χ0n) is 10.6. The Kier molecular flexibility index (Phi) is 4.91. The topological polar surface area (TPSA) is 45.0 Å². The van der Waals surface area contributed by atoms with Gasteiger partial charge in [-0.1, -0.05) is 13.0 Å². The van der Waals surface area contributed by atoms with Crippen molar-refractivity contribution in [1.29, 1.82) is 5.26 Å². The highest BCUT2D eigenvalue weighted by Crippen LogP contribution is 2.30. The van der Waals surface area contributed by atoms with Crippen molar-refractivity contribution in [2.75, 3.05) is 18.8 Å². The molecular formula is C14H18N2OS. The highest BCUT2D eigenvalue weighted by atomic mass is 32.2. The molecule has 1 unspecified atom stereocenters. The maximum atomic E-state index is 9.30. The van der Waals surface area contributed by atoms with Crippen LogP contribution in [0.15, 0.2) is 23.1 Å². The van der Waals surface area contributed by atoms with Crippen molar-refractivity contribution in [2.45, 2.75) is 30.8 Å². The summed E-state index contributed by atoms with van der Waals surface area (Å²) in [6.07, 6.45) is 2.38. The smallest absolute Gasteiger partial charge is 0.138 e. The van der Waals surface area contributed by atoms with E-state index in [2.05, 4.69) is 18.3 Å². The van der Waals surface area contributed by atoms with Crippen LogP contribution in [0.4, 0.5) is 0 Å². The lowest BCUT2D eigenvalue weighted by Gasteiger charge is -2.24. The number of rotatable bonds is 4. The number of thioether (sulfide) groups is 1. The van der Waals surface area contributed by atoms with Crippen molar-refractivity contribution in [3.8, 4) is 11.8 Å². The molecule has 2 rings (SSSR count). The first kappa shape index (κ1) is 13.3. The average molecular weight is 262 g/mol. The quantitative estimate of drug-likeness (QED) is 0.848. The van der Waals surface area contributed by atoms with Crippen molar-refractivity contribution in [3.05, 3.63) is 23.8 Å². The zero-order chi connectivity index (χ0) is 12.8. The Bertz CT molecular complexity index is 436. The van der Waals surface area contributed by atoms with Crippen molar-refractivity contribution in [1.82, 2.24) is 5.32 Å². The number of hydrogen-bond acceptors (Lipinski definition) is 4. The average Bonchev–Trinajstić information content (AvgIpc) is 2.41. The first-order valence-corrected chi connectivity index (χ1v) is 7.37. The third kappa shape index (κ3) is 3.18. The first-order valence-electron chi connectivity index (χ1n) is 6.38. The molecule has 1 heterocycles. The molecule has 1 fully saturated rings. The molecule has 0 aromatic heterocycles. The second-order valence-electron chi connectivity index (χ2n) is 4.26. The Balaban J connectivity index is 2.16. The van der Waals surface area contributed by atoms with E-state index >= 15 is 0 Å². The van der Waals surface area contributed by atoms with E-state index in [1.54, 1.807) is 11.8 Å². The van der Waals surface area contributed by atoms with Crippen LogP contribution in [0.2, 0.25) is 0 Å². The standard InChI is InChI=1S/C14H18N2OS/c1-2-18-14-7-3-6-13(12(14)9-15)17-11-5-4-8-16-10-11/h3,6-7,11,16H,2,4-5,8,10H2,1H3. The third-order valence-corrected chi connectivity index (χ3v) is 3.88. The third-order valence-electron chi connectivity index (χ3n) is 2.94. The molecule has 0 bridgehead atoms. The van der Waals surface area contributed by atoms with Crippen molar-refractivity contribution in [2.24, 2.45) is 0 Å². The summed E-state index contributed by atoms with van der Waals surface area (Å²) in [6, 6.07) is 8.12. The van der Waals surface area contributed by atoms with Gasteiger partial charge in [-0.15, -0.1) is 11.8 Å². The molecule has 0 radical (unpaired) electrons. The molecule has 0 saturated carbocycles. The van der Waals surface area contributed by atoms with Gasteiger partial charge in [0.2, 0.25) is 0 Å². The molecule has 0 amide bonds. The van der Waals surface area contributed by atoms with Crippen LogP contribution < -0.4 is 10.1 Å². The van der Waals surface area contributed by atoms with Crippen LogP contribution in [0.1, 0.15) is 25.3 Å². The van der Waals surface area contributed by atoms with Gasteiger partial charge < -0.3 is 10.1 Å². The van der Waals surface area contributed by atoms with E-state index in [0.29, 0.717) is 5.56 Å². The summed E-state index contributed by atoms with van der Waals surface area (Å²) in [6.45, 7) is 4.02. The lowest BCUT2D eigenvalue weighted by Crippen LogP contribution is -2.37. The second kappa shape index (κ2) is 6.67. The van der Waals surface area contributed by atoms with Gasteiger partial charge >= 0.3 is 0 Å². The lowest BCUT2D eigenvalue weighted by atomic mass is 10.1. The van der Waals surface area contributed by atoms with Gasteiger partial charge in [0.05, 0.1) is 0 Å². The second-order valence-corrected chi connectivity index (χ2v) is 5.57. The predicted molar refractivity (Wildman–Crippen MR) is 74.1 cm³/mol. The Morgan fingerprint density at radius 2 is 2.44 bits per heavy atom. The maximum Gasteiger partial charge on any atom is 0.138 e. The molecule has 4 heteroatoms. The van der Waals surface area contributed by atoms with E-state index in [1.807, 2.05) is 18.2 Å². The zero-order valence-corrected chi connectivity index (χ0v) is 11.4. The fourth-order valence-electron chi connectivity index (χ4n) is 2.10. The Morgan fingerprint density at radius 3 is 3.11 bits per heavy atom. The summed E-state index contributed by atoms with van der Waals surface area (Å²) < 4.78 is 5.97. The van der Waals surface area contributed by atoms with E-state index < -0.39 is 0 Å². The normalized spacial score (nSPS) is 19.2. The van der Waals surface area contributed by atoms with E-state index in [9.17, 15) is 5.26 Å². The SMILES string of the molecule is CCSc1cccc(OC2CCCNC2)c1C#N. The molecule has 18 heavy (non-hydrogen) atoms. The van der Waals surface area contributed by atoms with Crippen molar-refractivity contribution >= 4 is 11.8 Å². The molecule has 1 aliphatic heterocycles. The number of piperidine rings is 1. The van der Waals surface area contributed by atoms with Gasteiger partial charge in [-0.3, -0.25) is 0 Å². The molecule has 1 atom stereocenters. The van der Waals surface area contributed by atoms with Gasteiger partial charge in [0.25, 0.3) is 0 Å².